The molecular weight excluding hydrogens is 438 g/mol. The zero-order valence-corrected chi connectivity index (χ0v) is 16.7. The number of ether oxygens (including phenoxy) is 1. The predicted molar refractivity (Wildman–Crippen MR) is 106 cm³/mol. The molecule has 0 bridgehead atoms. The number of nitrogens with zero attached hydrogens (tertiary/aromatic N) is 2. The molecule has 1 aromatic heterocycles. The molecule has 0 fully saturated rings. The maximum absolute atomic E-state index is 13.1. The normalized spacial score (nSPS) is 11.4. The quantitative estimate of drug-likeness (QED) is 0.394. The van der Waals surface area contributed by atoms with Gasteiger partial charge in [-0.15, -0.1) is 13.2 Å². The van der Waals surface area contributed by atoms with Crippen LogP contribution in [0.4, 0.5) is 23.2 Å². The van der Waals surface area contributed by atoms with Crippen LogP contribution in [-0.4, -0.2) is 32.7 Å². The molecule has 3 aromatic rings. The summed E-state index contributed by atoms with van der Waals surface area (Å²) in [4.78, 5) is 16.4. The number of nitrogens with one attached hydrogen (secondary N) is 1. The summed E-state index contributed by atoms with van der Waals surface area (Å²) >= 11 is 1.13. The number of imidazole rings is 1. The van der Waals surface area contributed by atoms with Gasteiger partial charge in [0, 0.05) is 12.2 Å². The van der Waals surface area contributed by atoms with Crippen LogP contribution in [0.2, 0.25) is 0 Å². The maximum Gasteiger partial charge on any atom is 0.573 e. The number of aromatic nitrogens is 2. The molecule has 0 aliphatic carbocycles. The zero-order chi connectivity index (χ0) is 22.4. The van der Waals surface area contributed by atoms with Gasteiger partial charge < -0.3 is 19.7 Å². The number of halogens is 4. The second-order valence-corrected chi connectivity index (χ2v) is 7.25. The first-order valence-electron chi connectivity index (χ1n) is 8.91. The lowest BCUT2D eigenvalue weighted by Gasteiger charge is -2.11. The van der Waals surface area contributed by atoms with E-state index in [0.29, 0.717) is 23.1 Å². The van der Waals surface area contributed by atoms with E-state index in [-0.39, 0.29) is 23.9 Å². The molecule has 1 amide bonds. The summed E-state index contributed by atoms with van der Waals surface area (Å²) in [5.41, 5.74) is 1.64. The Balaban J connectivity index is 1.60. The molecule has 0 saturated heterocycles. The van der Waals surface area contributed by atoms with Crippen LogP contribution < -0.4 is 10.1 Å². The second kappa shape index (κ2) is 9.84. The van der Waals surface area contributed by atoms with E-state index in [2.05, 4.69) is 15.0 Å². The summed E-state index contributed by atoms with van der Waals surface area (Å²) in [6.45, 7) is 0.0775. The van der Waals surface area contributed by atoms with E-state index in [0.717, 1.165) is 29.5 Å². The highest BCUT2D eigenvalue weighted by Gasteiger charge is 2.30. The molecule has 0 saturated carbocycles. The second-order valence-electron chi connectivity index (χ2n) is 6.31. The van der Waals surface area contributed by atoms with Crippen LogP contribution in [0, 0.1) is 5.82 Å². The molecule has 1 heterocycles. The molecule has 0 unspecified atom stereocenters. The Hall–Kier alpha value is -3.05. The van der Waals surface area contributed by atoms with Gasteiger partial charge in [0.15, 0.2) is 5.16 Å². The Bertz CT molecular complexity index is 1020. The summed E-state index contributed by atoms with van der Waals surface area (Å²) in [5, 5.41) is 12.6. The van der Waals surface area contributed by atoms with Gasteiger partial charge in [-0.1, -0.05) is 23.9 Å². The minimum atomic E-state index is -4.79. The number of anilines is 1. The van der Waals surface area contributed by atoms with Crippen molar-refractivity contribution in [1.29, 1.82) is 0 Å². The average molecular weight is 455 g/mol. The van der Waals surface area contributed by atoms with E-state index in [1.165, 1.54) is 30.5 Å². The van der Waals surface area contributed by atoms with Crippen LogP contribution in [0.1, 0.15) is 11.3 Å². The van der Waals surface area contributed by atoms with Crippen molar-refractivity contribution < 1.29 is 32.2 Å². The fourth-order valence-electron chi connectivity index (χ4n) is 2.64. The monoisotopic (exact) mass is 455 g/mol. The van der Waals surface area contributed by atoms with Crippen LogP contribution in [-0.2, 0) is 17.9 Å². The molecule has 2 N–H and O–H groups in total. The summed E-state index contributed by atoms with van der Waals surface area (Å²) in [6.07, 6.45) is -3.30. The van der Waals surface area contributed by atoms with E-state index in [1.54, 1.807) is 16.7 Å². The number of hydrogen-bond donors (Lipinski definition) is 2. The number of rotatable bonds is 8. The number of carbonyl (C=O) groups excluding carboxylic acids is 1. The molecule has 0 aliphatic heterocycles. The van der Waals surface area contributed by atoms with Crippen molar-refractivity contribution in [2.45, 2.75) is 24.7 Å². The van der Waals surface area contributed by atoms with Gasteiger partial charge in [-0.25, -0.2) is 9.37 Å². The lowest BCUT2D eigenvalue weighted by molar-refractivity contribution is -0.274. The number of carbonyl (C=O) groups is 1. The SMILES string of the molecule is O=C(CSc1ncc(CO)n1Cc1ccc(F)cc1)Nc1ccc(OC(F)(F)F)cc1. The molecule has 0 aliphatic rings. The highest BCUT2D eigenvalue weighted by atomic mass is 32.2. The molecule has 2 aromatic carbocycles. The first-order chi connectivity index (χ1) is 14.7. The van der Waals surface area contributed by atoms with Gasteiger partial charge in [-0.2, -0.15) is 0 Å². The highest BCUT2D eigenvalue weighted by molar-refractivity contribution is 7.99. The van der Waals surface area contributed by atoms with Gasteiger partial charge in [-0.3, -0.25) is 4.79 Å². The van der Waals surface area contributed by atoms with Gasteiger partial charge in [0.25, 0.3) is 0 Å². The number of amides is 1. The highest BCUT2D eigenvalue weighted by Crippen LogP contribution is 2.25. The molecule has 0 radical (unpaired) electrons. The average Bonchev–Trinajstić information content (AvgIpc) is 3.10. The smallest absolute Gasteiger partial charge is 0.406 e. The summed E-state index contributed by atoms with van der Waals surface area (Å²) in [6, 6.07) is 10.7. The number of aliphatic hydroxyl groups is 1. The van der Waals surface area contributed by atoms with Gasteiger partial charge in [0.2, 0.25) is 5.91 Å². The van der Waals surface area contributed by atoms with Crippen LogP contribution in [0.15, 0.2) is 59.9 Å². The molecule has 3 rings (SSSR count). The van der Waals surface area contributed by atoms with Crippen molar-refractivity contribution >= 4 is 23.4 Å². The third-order valence-electron chi connectivity index (χ3n) is 4.02. The molecule has 6 nitrogen and oxygen atoms in total. The standard InChI is InChI=1S/C20H17F4N3O3S/c21-14-3-1-13(2-4-14)10-27-16(11-28)9-25-19(27)31-12-18(29)26-15-5-7-17(8-6-15)30-20(22,23)24/h1-9,28H,10-12H2,(H,26,29). The third kappa shape index (κ3) is 6.72. The van der Waals surface area contributed by atoms with Crippen molar-refractivity contribution in [3.63, 3.8) is 0 Å². The summed E-state index contributed by atoms with van der Waals surface area (Å²) in [5.74, 6) is -1.16. The fourth-order valence-corrected chi connectivity index (χ4v) is 3.44. The molecule has 0 atom stereocenters. The van der Waals surface area contributed by atoms with Crippen molar-refractivity contribution in [1.82, 2.24) is 9.55 Å². The Labute approximate surface area is 178 Å². The van der Waals surface area contributed by atoms with Crippen LogP contribution in [0.25, 0.3) is 0 Å². The van der Waals surface area contributed by atoms with Crippen LogP contribution >= 0.6 is 11.8 Å². The van der Waals surface area contributed by atoms with Crippen molar-refractivity contribution in [3.8, 4) is 5.75 Å². The number of benzene rings is 2. The predicted octanol–water partition coefficient (Wildman–Crippen LogP) is 4.19. The van der Waals surface area contributed by atoms with Gasteiger partial charge in [0.1, 0.15) is 11.6 Å². The summed E-state index contributed by atoms with van der Waals surface area (Å²) < 4.78 is 55.2. The van der Waals surface area contributed by atoms with E-state index in [4.69, 9.17) is 0 Å². The third-order valence-corrected chi connectivity index (χ3v) is 5.01. The van der Waals surface area contributed by atoms with E-state index < -0.39 is 12.3 Å². The van der Waals surface area contributed by atoms with E-state index in [1.807, 2.05) is 0 Å². The number of aliphatic hydroxyl groups excluding tert-OH is 1. The number of thioether (sulfide) groups is 1. The fraction of sp³-hybridized carbons (Fsp3) is 0.200. The number of alkyl halides is 3. The Morgan fingerprint density at radius 1 is 1.13 bits per heavy atom. The first kappa shape index (κ1) is 22.6. The number of hydrogen-bond acceptors (Lipinski definition) is 5. The van der Waals surface area contributed by atoms with Crippen LogP contribution in [0.5, 0.6) is 5.75 Å². The lowest BCUT2D eigenvalue weighted by Crippen LogP contribution is -2.17. The zero-order valence-electron chi connectivity index (χ0n) is 15.9. The Kier molecular flexibility index (Phi) is 7.18. The van der Waals surface area contributed by atoms with E-state index in [9.17, 15) is 27.5 Å². The van der Waals surface area contributed by atoms with Crippen molar-refractivity contribution in [2.75, 3.05) is 11.1 Å². The molecule has 164 valence electrons. The molecule has 11 heteroatoms. The summed E-state index contributed by atoms with van der Waals surface area (Å²) in [7, 11) is 0. The topological polar surface area (TPSA) is 76.4 Å². The minimum absolute atomic E-state index is 0.0217. The van der Waals surface area contributed by atoms with Crippen molar-refractivity contribution in [2.24, 2.45) is 0 Å². The Morgan fingerprint density at radius 2 is 1.81 bits per heavy atom. The first-order valence-corrected chi connectivity index (χ1v) is 9.90. The largest absolute Gasteiger partial charge is 0.573 e. The molecular formula is C20H17F4N3O3S. The molecule has 0 spiro atoms. The van der Waals surface area contributed by atoms with Gasteiger partial charge in [-0.05, 0) is 42.0 Å². The van der Waals surface area contributed by atoms with E-state index >= 15 is 0 Å². The van der Waals surface area contributed by atoms with Crippen molar-refractivity contribution in [3.05, 3.63) is 71.8 Å². The lowest BCUT2D eigenvalue weighted by atomic mass is 10.2. The van der Waals surface area contributed by atoms with Crippen LogP contribution in [0.3, 0.4) is 0 Å². The van der Waals surface area contributed by atoms with Gasteiger partial charge >= 0.3 is 6.36 Å². The minimum Gasteiger partial charge on any atom is -0.406 e. The maximum atomic E-state index is 13.1. The molecule has 31 heavy (non-hydrogen) atoms. The Morgan fingerprint density at radius 3 is 2.42 bits per heavy atom. The van der Waals surface area contributed by atoms with Gasteiger partial charge in [0.05, 0.1) is 24.3 Å².